The summed E-state index contributed by atoms with van der Waals surface area (Å²) < 4.78 is 0. The number of hydrogen-bond donors (Lipinski definition) is 3. The van der Waals surface area contributed by atoms with Crippen molar-refractivity contribution in [1.82, 2.24) is 4.90 Å². The van der Waals surface area contributed by atoms with Crippen molar-refractivity contribution in [3.63, 3.8) is 0 Å². The fourth-order valence-corrected chi connectivity index (χ4v) is 4.30. The van der Waals surface area contributed by atoms with Crippen LogP contribution in [-0.2, 0) is 0 Å². The van der Waals surface area contributed by atoms with Crippen molar-refractivity contribution in [2.75, 3.05) is 24.7 Å². The van der Waals surface area contributed by atoms with Crippen molar-refractivity contribution < 1.29 is 9.90 Å². The number of aromatic hydroxyl groups is 1. The Morgan fingerprint density at radius 1 is 1.13 bits per heavy atom. The van der Waals surface area contributed by atoms with Gasteiger partial charge in [-0.25, -0.2) is 0 Å². The highest BCUT2D eigenvalue weighted by Gasteiger charge is 2.27. The van der Waals surface area contributed by atoms with Crippen molar-refractivity contribution in [3.05, 3.63) is 66.1 Å². The first-order valence-corrected chi connectivity index (χ1v) is 10.4. The Hall–Kier alpha value is -3.13. The summed E-state index contributed by atoms with van der Waals surface area (Å²) in [7, 11) is 3.16. The van der Waals surface area contributed by atoms with Crippen molar-refractivity contribution in [3.8, 4) is 5.75 Å². The third-order valence-corrected chi connectivity index (χ3v) is 6.00. The number of phenolic OH excluding ortho intramolecular Hbond substituents is 1. The lowest BCUT2D eigenvalue weighted by Gasteiger charge is -2.25. The molecule has 0 unspecified atom stereocenters. The zero-order valence-electron chi connectivity index (χ0n) is 17.6. The van der Waals surface area contributed by atoms with E-state index in [-0.39, 0.29) is 46.2 Å². The van der Waals surface area contributed by atoms with E-state index >= 15 is 0 Å². The molecule has 7 nitrogen and oxygen atoms in total. The van der Waals surface area contributed by atoms with Crippen LogP contribution in [0.5, 0.6) is 5.75 Å². The van der Waals surface area contributed by atoms with E-state index in [2.05, 4.69) is 16.7 Å². The first-order valence-electron chi connectivity index (χ1n) is 9.57. The largest absolute Gasteiger partial charge is 0.505 e. The monoisotopic (exact) mass is 427 g/mol. The lowest BCUT2D eigenvalue weighted by atomic mass is 10.0. The van der Waals surface area contributed by atoms with Crippen LogP contribution in [0.3, 0.4) is 0 Å². The summed E-state index contributed by atoms with van der Waals surface area (Å²) in [5.74, 6) is -0.466. The first kappa shape index (κ1) is 21.6. The predicted molar refractivity (Wildman–Crippen MR) is 121 cm³/mol. The van der Waals surface area contributed by atoms with Gasteiger partial charge in [-0.2, -0.15) is 0 Å². The number of nitrogens with one attached hydrogen (secondary N) is 2. The van der Waals surface area contributed by atoms with Crippen molar-refractivity contribution in [1.29, 1.82) is 0 Å². The number of aryl methyl sites for hydroxylation is 1. The second-order valence-corrected chi connectivity index (χ2v) is 8.77. The van der Waals surface area contributed by atoms with E-state index in [4.69, 9.17) is 0 Å². The molecule has 2 aromatic carbocycles. The smallest absolute Gasteiger partial charge is 0.257 e. The Morgan fingerprint density at radius 3 is 2.37 bits per heavy atom. The van der Waals surface area contributed by atoms with Gasteiger partial charge in [-0.1, -0.05) is 19.9 Å². The Balaban J connectivity index is 1.93. The Kier molecular flexibility index (Phi) is 5.98. The van der Waals surface area contributed by atoms with Gasteiger partial charge in [-0.3, -0.25) is 14.4 Å². The zero-order chi connectivity index (χ0) is 22.2. The maximum absolute atomic E-state index is 12.3. The highest BCUT2D eigenvalue weighted by atomic mass is 32.1. The second kappa shape index (κ2) is 8.31. The molecule has 158 valence electrons. The summed E-state index contributed by atoms with van der Waals surface area (Å²) in [6, 6.07) is 6.57. The molecular weight excluding hydrogens is 402 g/mol. The van der Waals surface area contributed by atoms with E-state index in [1.807, 2.05) is 26.2 Å². The van der Waals surface area contributed by atoms with Gasteiger partial charge >= 0.3 is 0 Å². The molecule has 0 radical (unpaired) electrons. The SMILES string of the molecule is Cc1csc([C@H](Nc2c(Nc3cccc(C(=O)N(C)C)c3O)c(=O)c2=O)C(C)C)c1. The molecule has 0 aliphatic rings. The van der Waals surface area contributed by atoms with Crippen LogP contribution in [0.15, 0.2) is 39.2 Å². The lowest BCUT2D eigenvalue weighted by molar-refractivity contribution is 0.0824. The zero-order valence-corrected chi connectivity index (χ0v) is 18.4. The van der Waals surface area contributed by atoms with Crippen LogP contribution in [0.4, 0.5) is 17.1 Å². The number of thiophene rings is 1. The lowest BCUT2D eigenvalue weighted by Crippen LogP contribution is -2.38. The van der Waals surface area contributed by atoms with Gasteiger partial charge in [0.25, 0.3) is 16.8 Å². The Bertz CT molecular complexity index is 1160. The summed E-state index contributed by atoms with van der Waals surface area (Å²) in [6.45, 7) is 6.08. The van der Waals surface area contributed by atoms with Gasteiger partial charge in [0, 0.05) is 19.0 Å². The Morgan fingerprint density at radius 2 is 1.80 bits per heavy atom. The summed E-state index contributed by atoms with van der Waals surface area (Å²) in [6.07, 6.45) is 0. The fraction of sp³-hybridized carbons (Fsp3) is 0.318. The molecule has 0 aliphatic heterocycles. The van der Waals surface area contributed by atoms with Gasteiger partial charge < -0.3 is 20.6 Å². The molecule has 30 heavy (non-hydrogen) atoms. The average Bonchev–Trinajstić information content (AvgIpc) is 3.13. The summed E-state index contributed by atoms with van der Waals surface area (Å²) >= 11 is 1.60. The number of nitrogens with zero attached hydrogens (tertiary/aromatic N) is 1. The van der Waals surface area contributed by atoms with Crippen molar-refractivity contribution in [2.24, 2.45) is 5.92 Å². The molecule has 0 fully saturated rings. The predicted octanol–water partition coefficient (Wildman–Crippen LogP) is 3.61. The van der Waals surface area contributed by atoms with Crippen LogP contribution in [-0.4, -0.2) is 30.0 Å². The number of phenols is 1. The van der Waals surface area contributed by atoms with Crippen LogP contribution in [0.25, 0.3) is 0 Å². The van der Waals surface area contributed by atoms with Gasteiger partial charge in [0.15, 0.2) is 5.75 Å². The third-order valence-electron chi connectivity index (χ3n) is 4.87. The molecule has 0 bridgehead atoms. The maximum atomic E-state index is 12.3. The standard InChI is InChI=1S/C22H25N3O4S/c1-11(2)16(15-9-12(3)10-30-15)24-18-17(20(27)21(18)28)23-14-8-6-7-13(19(14)26)22(29)25(4)5/h6-11,16,23-24,26H,1-5H3/t16-/m1/s1. The minimum absolute atomic E-state index is 0.0867. The van der Waals surface area contributed by atoms with E-state index in [1.54, 1.807) is 37.6 Å². The van der Waals surface area contributed by atoms with Crippen LogP contribution in [0, 0.1) is 12.8 Å². The molecule has 0 aliphatic carbocycles. The van der Waals surface area contributed by atoms with Crippen LogP contribution < -0.4 is 21.5 Å². The molecule has 3 rings (SSSR count). The Labute approximate surface area is 178 Å². The molecule has 3 aromatic rings. The number of rotatable bonds is 7. The van der Waals surface area contributed by atoms with E-state index in [0.717, 1.165) is 10.4 Å². The molecule has 0 saturated carbocycles. The number of benzene rings is 1. The average molecular weight is 428 g/mol. The third kappa shape index (κ3) is 3.95. The fourth-order valence-electron chi connectivity index (χ4n) is 3.18. The van der Waals surface area contributed by atoms with Gasteiger partial charge in [0.1, 0.15) is 11.4 Å². The highest BCUT2D eigenvalue weighted by Crippen LogP contribution is 2.35. The van der Waals surface area contributed by atoms with E-state index in [0.29, 0.717) is 0 Å². The normalized spacial score (nSPS) is 12.2. The number of carbonyl (C=O) groups is 1. The van der Waals surface area contributed by atoms with Crippen LogP contribution in [0.2, 0.25) is 0 Å². The van der Waals surface area contributed by atoms with Gasteiger partial charge in [0.2, 0.25) is 0 Å². The number of anilines is 3. The minimum Gasteiger partial charge on any atom is -0.505 e. The topological polar surface area (TPSA) is 98.7 Å². The molecule has 3 N–H and O–H groups in total. The molecule has 1 amide bonds. The molecule has 1 atom stereocenters. The van der Waals surface area contributed by atoms with Gasteiger partial charge in [-0.05, 0) is 42.0 Å². The van der Waals surface area contributed by atoms with Crippen molar-refractivity contribution in [2.45, 2.75) is 26.8 Å². The molecule has 0 spiro atoms. The molecule has 0 saturated heterocycles. The second-order valence-electron chi connectivity index (χ2n) is 7.83. The minimum atomic E-state index is -0.661. The number of hydrogen-bond acceptors (Lipinski definition) is 7. The molecular formula is C22H25N3O4S. The van der Waals surface area contributed by atoms with Crippen molar-refractivity contribution >= 4 is 34.3 Å². The van der Waals surface area contributed by atoms with E-state index < -0.39 is 10.9 Å². The molecule has 1 heterocycles. The highest BCUT2D eigenvalue weighted by molar-refractivity contribution is 7.10. The number of para-hydroxylation sites is 1. The molecule has 1 aromatic heterocycles. The number of amides is 1. The quantitative estimate of drug-likeness (QED) is 0.394. The summed E-state index contributed by atoms with van der Waals surface area (Å²) in [5.41, 5.74) is 0.441. The van der Waals surface area contributed by atoms with E-state index in [9.17, 15) is 19.5 Å². The summed E-state index contributed by atoms with van der Waals surface area (Å²) in [5, 5.41) is 18.6. The van der Waals surface area contributed by atoms with Crippen LogP contribution in [0.1, 0.15) is 40.7 Å². The maximum Gasteiger partial charge on any atom is 0.257 e. The van der Waals surface area contributed by atoms with E-state index in [1.165, 1.54) is 11.0 Å². The summed E-state index contributed by atoms with van der Waals surface area (Å²) in [4.78, 5) is 39.2. The van der Waals surface area contributed by atoms with Gasteiger partial charge in [0.05, 0.1) is 17.3 Å². The molecule has 8 heteroatoms. The van der Waals surface area contributed by atoms with Crippen LogP contribution >= 0.6 is 11.3 Å². The van der Waals surface area contributed by atoms with Gasteiger partial charge in [-0.15, -0.1) is 11.3 Å². The first-order chi connectivity index (χ1) is 14.1. The number of carbonyl (C=O) groups excluding carboxylic acids is 1.